The molecule has 150 valence electrons. The van der Waals surface area contributed by atoms with Gasteiger partial charge < -0.3 is 28.8 Å². The number of aliphatic hydroxyl groups excluding tert-OH is 1. The number of para-hydroxylation sites is 1. The van der Waals surface area contributed by atoms with Crippen molar-refractivity contribution in [2.45, 2.75) is 12.8 Å². The van der Waals surface area contributed by atoms with Gasteiger partial charge in [0.2, 0.25) is 6.79 Å². The second-order valence-electron chi connectivity index (χ2n) is 6.45. The number of cyclic esters (lactones) is 1. The number of hydrogen-bond donors (Lipinski definition) is 1. The first-order valence-electron chi connectivity index (χ1n) is 8.83. The summed E-state index contributed by atoms with van der Waals surface area (Å²) in [6, 6.07) is 10.2. The van der Waals surface area contributed by atoms with Crippen LogP contribution in [0.2, 0.25) is 0 Å². The van der Waals surface area contributed by atoms with Crippen molar-refractivity contribution in [1.82, 2.24) is 0 Å². The monoisotopic (exact) mass is 398 g/mol. The summed E-state index contributed by atoms with van der Waals surface area (Å²) in [7, 11) is 1.50. The fraction of sp³-hybridized carbons (Fsp3) is 0.238. The minimum atomic E-state index is -0.829. The van der Waals surface area contributed by atoms with E-state index in [1.807, 2.05) is 0 Å². The molecule has 8 nitrogen and oxygen atoms in total. The summed E-state index contributed by atoms with van der Waals surface area (Å²) in [5.41, 5.74) is 1.05. The van der Waals surface area contributed by atoms with Crippen molar-refractivity contribution in [3.63, 3.8) is 0 Å². The SMILES string of the molecule is COc1ccccc1[C@H](C1=C(O)COC1=O)c1cc2c(cc1OC(C)=O)OCO2. The molecule has 0 unspecified atom stereocenters. The molecule has 2 aliphatic rings. The molecule has 2 aliphatic heterocycles. The quantitative estimate of drug-likeness (QED) is 0.606. The smallest absolute Gasteiger partial charge is 0.338 e. The standard InChI is InChI=1S/C21H18O8/c1-11(22)29-16-8-18-17(27-10-28-18)7-13(16)19(20-14(23)9-26-21(20)24)12-5-3-4-6-15(12)25-2/h3-8,19,23H,9-10H2,1-2H3/t19-/m0/s1. The lowest BCUT2D eigenvalue weighted by molar-refractivity contribution is -0.136. The van der Waals surface area contributed by atoms with E-state index in [4.69, 9.17) is 23.7 Å². The maximum absolute atomic E-state index is 12.5. The average molecular weight is 398 g/mol. The van der Waals surface area contributed by atoms with Crippen molar-refractivity contribution in [1.29, 1.82) is 0 Å². The van der Waals surface area contributed by atoms with E-state index in [9.17, 15) is 14.7 Å². The fourth-order valence-corrected chi connectivity index (χ4v) is 3.48. The number of carbonyl (C=O) groups is 2. The molecule has 0 spiro atoms. The van der Waals surface area contributed by atoms with Crippen molar-refractivity contribution >= 4 is 11.9 Å². The van der Waals surface area contributed by atoms with Gasteiger partial charge in [0.1, 0.15) is 23.9 Å². The Morgan fingerprint density at radius 3 is 2.45 bits per heavy atom. The molecule has 0 amide bonds. The molecule has 0 saturated heterocycles. The van der Waals surface area contributed by atoms with E-state index in [1.54, 1.807) is 30.3 Å². The van der Waals surface area contributed by atoms with Crippen molar-refractivity contribution in [2.75, 3.05) is 20.5 Å². The van der Waals surface area contributed by atoms with E-state index < -0.39 is 17.9 Å². The lowest BCUT2D eigenvalue weighted by Gasteiger charge is -2.22. The van der Waals surface area contributed by atoms with Crippen LogP contribution >= 0.6 is 0 Å². The maximum atomic E-state index is 12.5. The molecular formula is C21H18O8. The van der Waals surface area contributed by atoms with Gasteiger partial charge in [0.25, 0.3) is 0 Å². The van der Waals surface area contributed by atoms with Crippen LogP contribution in [-0.4, -0.2) is 37.6 Å². The third-order valence-corrected chi connectivity index (χ3v) is 4.68. The van der Waals surface area contributed by atoms with Crippen molar-refractivity contribution in [2.24, 2.45) is 0 Å². The number of carbonyl (C=O) groups excluding carboxylic acids is 2. The molecular weight excluding hydrogens is 380 g/mol. The minimum Gasteiger partial charge on any atom is -0.508 e. The second-order valence-corrected chi connectivity index (χ2v) is 6.45. The van der Waals surface area contributed by atoms with Gasteiger partial charge >= 0.3 is 11.9 Å². The van der Waals surface area contributed by atoms with Gasteiger partial charge in [-0.25, -0.2) is 4.79 Å². The van der Waals surface area contributed by atoms with Crippen LogP contribution in [0.4, 0.5) is 0 Å². The molecule has 1 N–H and O–H groups in total. The average Bonchev–Trinajstić information content (AvgIpc) is 3.29. The minimum absolute atomic E-state index is 0.0214. The Balaban J connectivity index is 1.98. The van der Waals surface area contributed by atoms with E-state index in [1.165, 1.54) is 20.1 Å². The lowest BCUT2D eigenvalue weighted by atomic mass is 9.83. The summed E-state index contributed by atoms with van der Waals surface area (Å²) in [5.74, 6) is -0.719. The van der Waals surface area contributed by atoms with Gasteiger partial charge in [-0.3, -0.25) is 4.79 Å². The molecule has 0 radical (unpaired) electrons. The van der Waals surface area contributed by atoms with Crippen LogP contribution < -0.4 is 18.9 Å². The van der Waals surface area contributed by atoms with Crippen LogP contribution in [0.1, 0.15) is 24.0 Å². The largest absolute Gasteiger partial charge is 0.508 e. The van der Waals surface area contributed by atoms with Crippen LogP contribution in [0.3, 0.4) is 0 Å². The van der Waals surface area contributed by atoms with Gasteiger partial charge in [-0.15, -0.1) is 0 Å². The Bertz CT molecular complexity index is 1020. The zero-order chi connectivity index (χ0) is 20.5. The van der Waals surface area contributed by atoms with E-state index in [-0.39, 0.29) is 30.5 Å². The normalized spacial score (nSPS) is 15.9. The third-order valence-electron chi connectivity index (χ3n) is 4.68. The zero-order valence-corrected chi connectivity index (χ0v) is 15.8. The zero-order valence-electron chi connectivity index (χ0n) is 15.8. The second kappa shape index (κ2) is 7.38. The molecule has 4 rings (SSSR count). The van der Waals surface area contributed by atoms with E-state index in [0.29, 0.717) is 28.4 Å². The Kier molecular flexibility index (Phi) is 4.75. The highest BCUT2D eigenvalue weighted by Gasteiger charge is 2.38. The van der Waals surface area contributed by atoms with Gasteiger partial charge in [0.15, 0.2) is 11.5 Å². The van der Waals surface area contributed by atoms with E-state index in [0.717, 1.165) is 0 Å². The molecule has 8 heteroatoms. The van der Waals surface area contributed by atoms with Crippen molar-refractivity contribution in [3.8, 4) is 23.0 Å². The summed E-state index contributed by atoms with van der Waals surface area (Å²) < 4.78 is 26.7. The molecule has 0 saturated carbocycles. The maximum Gasteiger partial charge on any atom is 0.338 e. The van der Waals surface area contributed by atoms with Gasteiger partial charge in [-0.05, 0) is 12.1 Å². The Hall–Kier alpha value is -3.68. The summed E-state index contributed by atoms with van der Waals surface area (Å²) in [5, 5.41) is 10.4. The predicted octanol–water partition coefficient (Wildman–Crippen LogP) is 2.85. The van der Waals surface area contributed by atoms with Gasteiger partial charge in [0, 0.05) is 24.1 Å². The first-order chi connectivity index (χ1) is 14.0. The Labute approximate surface area is 166 Å². The molecule has 2 heterocycles. The number of benzene rings is 2. The number of methoxy groups -OCH3 is 1. The highest BCUT2D eigenvalue weighted by atomic mass is 16.7. The molecule has 2 aromatic rings. The first-order valence-corrected chi connectivity index (χ1v) is 8.83. The molecule has 1 atom stereocenters. The number of aliphatic hydroxyl groups is 1. The van der Waals surface area contributed by atoms with Gasteiger partial charge in [-0.2, -0.15) is 0 Å². The molecule has 29 heavy (non-hydrogen) atoms. The number of fused-ring (bicyclic) bond motifs is 1. The van der Waals surface area contributed by atoms with Crippen LogP contribution in [0, 0.1) is 0 Å². The lowest BCUT2D eigenvalue weighted by Crippen LogP contribution is -2.15. The highest BCUT2D eigenvalue weighted by molar-refractivity contribution is 5.94. The Morgan fingerprint density at radius 1 is 1.07 bits per heavy atom. The van der Waals surface area contributed by atoms with Gasteiger partial charge in [-0.1, -0.05) is 18.2 Å². The molecule has 2 aromatic carbocycles. The first kappa shape index (κ1) is 18.7. The predicted molar refractivity (Wildman–Crippen MR) is 99.3 cm³/mol. The number of ether oxygens (including phenoxy) is 5. The highest BCUT2D eigenvalue weighted by Crippen LogP contribution is 2.48. The fourth-order valence-electron chi connectivity index (χ4n) is 3.48. The van der Waals surface area contributed by atoms with Gasteiger partial charge in [0.05, 0.1) is 18.6 Å². The summed E-state index contributed by atoms with van der Waals surface area (Å²) in [6.45, 7) is 1.06. The third kappa shape index (κ3) is 3.33. The summed E-state index contributed by atoms with van der Waals surface area (Å²) >= 11 is 0. The number of rotatable bonds is 5. The molecule has 0 aliphatic carbocycles. The van der Waals surface area contributed by atoms with E-state index >= 15 is 0 Å². The summed E-state index contributed by atoms with van der Waals surface area (Å²) in [4.78, 5) is 24.2. The molecule has 0 fully saturated rings. The van der Waals surface area contributed by atoms with Crippen LogP contribution in [0.5, 0.6) is 23.0 Å². The van der Waals surface area contributed by atoms with E-state index in [2.05, 4.69) is 0 Å². The topological polar surface area (TPSA) is 101 Å². The Morgan fingerprint density at radius 2 is 1.79 bits per heavy atom. The van der Waals surface area contributed by atoms with Crippen molar-refractivity contribution < 1.29 is 38.4 Å². The van der Waals surface area contributed by atoms with Crippen LogP contribution in [-0.2, 0) is 14.3 Å². The molecule has 0 aromatic heterocycles. The summed E-state index contributed by atoms with van der Waals surface area (Å²) in [6.07, 6.45) is 0. The number of hydrogen-bond acceptors (Lipinski definition) is 8. The van der Waals surface area contributed by atoms with Crippen molar-refractivity contribution in [3.05, 3.63) is 58.9 Å². The van der Waals surface area contributed by atoms with Crippen LogP contribution in [0.15, 0.2) is 47.7 Å². The van der Waals surface area contributed by atoms with Crippen LogP contribution in [0.25, 0.3) is 0 Å². The number of esters is 2. The molecule has 0 bridgehead atoms.